The van der Waals surface area contributed by atoms with Crippen molar-refractivity contribution in [3.05, 3.63) is 12.2 Å². The minimum absolute atomic E-state index is 0.376. The quantitative estimate of drug-likeness (QED) is 0.506. The molecule has 1 saturated carbocycles. The average molecular weight is 168 g/mol. The first-order valence-electron chi connectivity index (χ1n) is 4.30. The summed E-state index contributed by atoms with van der Waals surface area (Å²) in [6.45, 7) is 0.376. The average Bonchev–Trinajstić information content (AvgIpc) is 2.60. The molecule has 2 aliphatic rings. The highest BCUT2D eigenvalue weighted by atomic mass is 16.7. The topological polar surface area (TPSA) is 46.5 Å². The molecule has 3 heteroatoms. The van der Waals surface area contributed by atoms with Crippen molar-refractivity contribution < 1.29 is 14.6 Å². The van der Waals surface area contributed by atoms with Gasteiger partial charge in [-0.2, -0.15) is 0 Å². The van der Waals surface area contributed by atoms with Crippen molar-refractivity contribution in [3.63, 3.8) is 0 Å². The minimum Gasteiger partial charge on any atom is -0.450 e. The molecule has 3 atom stereocenters. The van der Waals surface area contributed by atoms with Gasteiger partial charge in [-0.15, -0.1) is 0 Å². The molecule has 0 aromatic carbocycles. The van der Waals surface area contributed by atoms with Crippen molar-refractivity contribution in [3.8, 4) is 0 Å². The molecule has 0 aliphatic heterocycles. The Kier molecular flexibility index (Phi) is 1.79. The number of allylic oxidation sites excluding steroid dienone is 2. The second kappa shape index (κ2) is 2.81. The molecule has 2 bridgehead atoms. The molecule has 0 spiro atoms. The maximum atomic E-state index is 10.1. The zero-order chi connectivity index (χ0) is 8.55. The minimum atomic E-state index is -1.15. The van der Waals surface area contributed by atoms with Crippen LogP contribution in [0.15, 0.2) is 12.2 Å². The Morgan fingerprint density at radius 2 is 2.33 bits per heavy atom. The van der Waals surface area contributed by atoms with Gasteiger partial charge >= 0.3 is 6.16 Å². The van der Waals surface area contributed by atoms with E-state index in [-0.39, 0.29) is 0 Å². The van der Waals surface area contributed by atoms with Crippen molar-refractivity contribution in [1.29, 1.82) is 0 Å². The SMILES string of the molecule is O=C(O)OCC1CC2C=CC1C2. The van der Waals surface area contributed by atoms with Gasteiger partial charge in [-0.3, -0.25) is 0 Å². The molecule has 0 aromatic rings. The Hall–Kier alpha value is -0.990. The fraction of sp³-hybridized carbons (Fsp3) is 0.667. The standard InChI is InChI=1S/C9H12O3/c10-9(11)12-5-8-4-6-1-2-7(8)3-6/h1-2,6-8H,3-5H2,(H,10,11). The smallest absolute Gasteiger partial charge is 0.450 e. The van der Waals surface area contributed by atoms with E-state index < -0.39 is 6.16 Å². The zero-order valence-electron chi connectivity index (χ0n) is 6.77. The molecule has 2 rings (SSSR count). The van der Waals surface area contributed by atoms with Crippen LogP contribution >= 0.6 is 0 Å². The molecule has 1 fully saturated rings. The molecule has 0 heterocycles. The molecule has 0 saturated heterocycles. The molecular weight excluding hydrogens is 156 g/mol. The predicted molar refractivity (Wildman–Crippen MR) is 42.8 cm³/mol. The molecule has 12 heavy (non-hydrogen) atoms. The maximum Gasteiger partial charge on any atom is 0.505 e. The van der Waals surface area contributed by atoms with Gasteiger partial charge in [-0.05, 0) is 24.7 Å². The van der Waals surface area contributed by atoms with Crippen LogP contribution in [0.3, 0.4) is 0 Å². The Balaban J connectivity index is 1.83. The first kappa shape index (κ1) is 7.65. The van der Waals surface area contributed by atoms with E-state index in [0.29, 0.717) is 24.4 Å². The van der Waals surface area contributed by atoms with Crippen LogP contribution in [0.2, 0.25) is 0 Å². The Morgan fingerprint density at radius 3 is 2.83 bits per heavy atom. The zero-order valence-corrected chi connectivity index (χ0v) is 6.77. The third-order valence-electron chi connectivity index (χ3n) is 2.84. The summed E-state index contributed by atoms with van der Waals surface area (Å²) in [6.07, 6.45) is 5.59. The van der Waals surface area contributed by atoms with Crippen LogP contribution in [0.4, 0.5) is 4.79 Å². The molecule has 0 radical (unpaired) electrons. The fourth-order valence-electron chi connectivity index (χ4n) is 2.26. The maximum absolute atomic E-state index is 10.1. The summed E-state index contributed by atoms with van der Waals surface area (Å²) in [5.74, 6) is 1.71. The summed E-state index contributed by atoms with van der Waals surface area (Å²) in [7, 11) is 0. The second-order valence-electron chi connectivity index (χ2n) is 3.62. The summed E-state index contributed by atoms with van der Waals surface area (Å²) in [6, 6.07) is 0. The van der Waals surface area contributed by atoms with Crippen LogP contribution in [0.5, 0.6) is 0 Å². The summed E-state index contributed by atoms with van der Waals surface area (Å²) in [5.41, 5.74) is 0. The van der Waals surface area contributed by atoms with E-state index in [0.717, 1.165) is 6.42 Å². The molecule has 1 N–H and O–H groups in total. The highest BCUT2D eigenvalue weighted by molar-refractivity contribution is 5.56. The monoisotopic (exact) mass is 168 g/mol. The largest absolute Gasteiger partial charge is 0.505 e. The Labute approximate surface area is 71.0 Å². The van der Waals surface area contributed by atoms with Crippen LogP contribution in [0.25, 0.3) is 0 Å². The van der Waals surface area contributed by atoms with Crippen molar-refractivity contribution >= 4 is 6.16 Å². The summed E-state index contributed by atoms with van der Waals surface area (Å²) in [4.78, 5) is 10.1. The summed E-state index contributed by atoms with van der Waals surface area (Å²) in [5, 5.41) is 8.30. The number of ether oxygens (including phenoxy) is 1. The number of carboxylic acid groups (broad SMARTS) is 1. The van der Waals surface area contributed by atoms with Crippen molar-refractivity contribution in [1.82, 2.24) is 0 Å². The van der Waals surface area contributed by atoms with E-state index in [1.807, 2.05) is 0 Å². The Bertz CT molecular complexity index is 222. The van der Waals surface area contributed by atoms with Gasteiger partial charge in [0.2, 0.25) is 0 Å². The van der Waals surface area contributed by atoms with Crippen molar-refractivity contribution in [2.24, 2.45) is 17.8 Å². The van der Waals surface area contributed by atoms with E-state index in [1.54, 1.807) is 0 Å². The van der Waals surface area contributed by atoms with Gasteiger partial charge in [0.05, 0.1) is 6.61 Å². The fourth-order valence-corrected chi connectivity index (χ4v) is 2.26. The predicted octanol–water partition coefficient (Wildman–Crippen LogP) is 1.89. The highest BCUT2D eigenvalue weighted by Crippen LogP contribution is 2.43. The molecule has 0 aromatic heterocycles. The van der Waals surface area contributed by atoms with Gasteiger partial charge in [0.15, 0.2) is 0 Å². The highest BCUT2D eigenvalue weighted by Gasteiger charge is 2.36. The lowest BCUT2D eigenvalue weighted by atomic mass is 9.95. The molecule has 2 aliphatic carbocycles. The summed E-state index contributed by atoms with van der Waals surface area (Å²) >= 11 is 0. The van der Waals surface area contributed by atoms with Crippen LogP contribution in [0, 0.1) is 17.8 Å². The van der Waals surface area contributed by atoms with Gasteiger partial charge in [0, 0.05) is 5.92 Å². The van der Waals surface area contributed by atoms with E-state index in [2.05, 4.69) is 16.9 Å². The number of hydrogen-bond acceptors (Lipinski definition) is 2. The molecule has 66 valence electrons. The van der Waals surface area contributed by atoms with Gasteiger partial charge in [-0.25, -0.2) is 4.79 Å². The summed E-state index contributed by atoms with van der Waals surface area (Å²) < 4.78 is 4.56. The van der Waals surface area contributed by atoms with Gasteiger partial charge in [0.25, 0.3) is 0 Å². The third-order valence-corrected chi connectivity index (χ3v) is 2.84. The van der Waals surface area contributed by atoms with E-state index >= 15 is 0 Å². The number of carbonyl (C=O) groups is 1. The molecule has 3 unspecified atom stereocenters. The van der Waals surface area contributed by atoms with Crippen LogP contribution in [-0.2, 0) is 4.74 Å². The van der Waals surface area contributed by atoms with Crippen LogP contribution in [0.1, 0.15) is 12.8 Å². The van der Waals surface area contributed by atoms with Crippen LogP contribution < -0.4 is 0 Å². The lowest BCUT2D eigenvalue weighted by Gasteiger charge is -2.16. The third kappa shape index (κ3) is 1.31. The normalized spacial score (nSPS) is 37.2. The first-order chi connectivity index (χ1) is 5.75. The van der Waals surface area contributed by atoms with Gasteiger partial charge in [-0.1, -0.05) is 12.2 Å². The molecule has 0 amide bonds. The van der Waals surface area contributed by atoms with E-state index in [4.69, 9.17) is 5.11 Å². The lowest BCUT2D eigenvalue weighted by molar-refractivity contribution is 0.0728. The van der Waals surface area contributed by atoms with Gasteiger partial charge in [0.1, 0.15) is 0 Å². The Morgan fingerprint density at radius 1 is 1.50 bits per heavy atom. The van der Waals surface area contributed by atoms with E-state index in [9.17, 15) is 4.79 Å². The number of fused-ring (bicyclic) bond motifs is 2. The number of rotatable bonds is 2. The van der Waals surface area contributed by atoms with Gasteiger partial charge < -0.3 is 9.84 Å². The molecule has 3 nitrogen and oxygen atoms in total. The second-order valence-corrected chi connectivity index (χ2v) is 3.62. The van der Waals surface area contributed by atoms with Crippen LogP contribution in [-0.4, -0.2) is 17.9 Å². The van der Waals surface area contributed by atoms with Crippen molar-refractivity contribution in [2.75, 3.05) is 6.61 Å². The first-order valence-corrected chi connectivity index (χ1v) is 4.30. The van der Waals surface area contributed by atoms with E-state index in [1.165, 1.54) is 6.42 Å². The lowest BCUT2D eigenvalue weighted by Crippen LogP contribution is -2.16. The van der Waals surface area contributed by atoms with Crippen molar-refractivity contribution in [2.45, 2.75) is 12.8 Å². The number of hydrogen-bond donors (Lipinski definition) is 1. The molecular formula is C9H12O3.